The number of para-hydroxylation sites is 1. The molecule has 72 valence electrons. The summed E-state index contributed by atoms with van der Waals surface area (Å²) in [6, 6.07) is 8.51. The van der Waals surface area contributed by atoms with Crippen molar-refractivity contribution in [3.05, 3.63) is 35.5 Å². The van der Waals surface area contributed by atoms with Crippen molar-refractivity contribution in [3.8, 4) is 0 Å². The smallest absolute Gasteiger partial charge is 0.0557 e. The second-order valence-electron chi connectivity index (χ2n) is 4.36. The van der Waals surface area contributed by atoms with Gasteiger partial charge in [0.2, 0.25) is 0 Å². The number of rotatable bonds is 1. The van der Waals surface area contributed by atoms with Crippen molar-refractivity contribution in [2.45, 2.75) is 19.4 Å². The van der Waals surface area contributed by atoms with E-state index < -0.39 is 0 Å². The molecule has 1 aromatic heterocycles. The average Bonchev–Trinajstić information content (AvgIpc) is 2.79. The molecular weight excluding hydrogens is 172 g/mol. The van der Waals surface area contributed by atoms with Gasteiger partial charge in [-0.15, -0.1) is 0 Å². The van der Waals surface area contributed by atoms with Crippen molar-refractivity contribution in [1.29, 1.82) is 0 Å². The normalized spacial score (nSPS) is 25.6. The molecule has 0 bridgehead atoms. The summed E-state index contributed by atoms with van der Waals surface area (Å²) in [6.45, 7) is 5.51. The van der Waals surface area contributed by atoms with Crippen LogP contribution >= 0.6 is 0 Å². The van der Waals surface area contributed by atoms with E-state index in [1.807, 2.05) is 0 Å². The summed E-state index contributed by atoms with van der Waals surface area (Å²) in [5.74, 6) is 0. The van der Waals surface area contributed by atoms with Crippen LogP contribution in [0.15, 0.2) is 24.3 Å². The van der Waals surface area contributed by atoms with E-state index in [1.165, 1.54) is 22.2 Å². The van der Waals surface area contributed by atoms with E-state index in [1.54, 1.807) is 0 Å². The lowest BCUT2D eigenvalue weighted by Crippen LogP contribution is -2.07. The third-order valence-corrected chi connectivity index (χ3v) is 3.15. The molecule has 1 aromatic carbocycles. The number of aromatic amines is 1. The summed E-state index contributed by atoms with van der Waals surface area (Å²) in [7, 11) is 0. The molecule has 1 aliphatic heterocycles. The molecule has 1 atom stereocenters. The van der Waals surface area contributed by atoms with E-state index in [0.29, 0.717) is 0 Å². The minimum Gasteiger partial charge on any atom is -0.358 e. The Hall–Kier alpha value is -1.28. The maximum atomic E-state index is 3.43. The van der Waals surface area contributed by atoms with Crippen LogP contribution in [-0.2, 0) is 5.54 Å². The molecule has 3 rings (SSSR count). The van der Waals surface area contributed by atoms with Crippen LogP contribution in [-0.4, -0.2) is 11.5 Å². The molecule has 0 spiro atoms. The van der Waals surface area contributed by atoms with Crippen molar-refractivity contribution >= 4 is 10.9 Å². The van der Waals surface area contributed by atoms with Gasteiger partial charge in [0.05, 0.1) is 5.54 Å². The maximum absolute atomic E-state index is 3.43. The Balaban J connectivity index is 2.36. The monoisotopic (exact) mass is 186 g/mol. The topological polar surface area (TPSA) is 37.7 Å². The van der Waals surface area contributed by atoms with Crippen LogP contribution in [0.2, 0.25) is 0 Å². The number of hydrogen-bond acceptors (Lipinski definition) is 1. The second kappa shape index (κ2) is 2.39. The highest BCUT2D eigenvalue weighted by Gasteiger charge is 2.41. The second-order valence-corrected chi connectivity index (χ2v) is 4.36. The van der Waals surface area contributed by atoms with Gasteiger partial charge < -0.3 is 10.3 Å². The Bertz CT molecular complexity index is 492. The highest BCUT2D eigenvalue weighted by Crippen LogP contribution is 2.37. The van der Waals surface area contributed by atoms with Crippen LogP contribution in [0, 0.1) is 6.92 Å². The van der Waals surface area contributed by atoms with Gasteiger partial charge in [0.1, 0.15) is 0 Å². The number of aromatic nitrogens is 1. The van der Waals surface area contributed by atoms with Crippen molar-refractivity contribution in [1.82, 2.24) is 10.3 Å². The van der Waals surface area contributed by atoms with Crippen molar-refractivity contribution < 1.29 is 0 Å². The number of aryl methyl sites for hydroxylation is 1. The van der Waals surface area contributed by atoms with E-state index in [0.717, 1.165) is 6.54 Å². The Morgan fingerprint density at radius 3 is 2.71 bits per heavy atom. The zero-order chi connectivity index (χ0) is 9.76. The van der Waals surface area contributed by atoms with Crippen LogP contribution in [0.25, 0.3) is 10.9 Å². The van der Waals surface area contributed by atoms with Crippen LogP contribution in [0.3, 0.4) is 0 Å². The first-order valence-electron chi connectivity index (χ1n) is 5.03. The van der Waals surface area contributed by atoms with Crippen molar-refractivity contribution in [2.75, 3.05) is 6.54 Å². The van der Waals surface area contributed by atoms with Crippen molar-refractivity contribution in [2.24, 2.45) is 0 Å². The van der Waals surface area contributed by atoms with Crippen LogP contribution in [0.5, 0.6) is 0 Å². The van der Waals surface area contributed by atoms with Gasteiger partial charge in [0, 0.05) is 28.7 Å². The van der Waals surface area contributed by atoms with Crippen LogP contribution in [0.4, 0.5) is 0 Å². The fourth-order valence-corrected chi connectivity index (χ4v) is 2.30. The highest BCUT2D eigenvalue weighted by atomic mass is 15.2. The van der Waals surface area contributed by atoms with E-state index >= 15 is 0 Å². The highest BCUT2D eigenvalue weighted by molar-refractivity contribution is 5.86. The number of fused-ring (bicyclic) bond motifs is 1. The van der Waals surface area contributed by atoms with Gasteiger partial charge in [-0.05, 0) is 19.9 Å². The van der Waals surface area contributed by atoms with Gasteiger partial charge in [0.25, 0.3) is 0 Å². The molecule has 0 radical (unpaired) electrons. The molecule has 1 aliphatic rings. The first-order chi connectivity index (χ1) is 6.71. The van der Waals surface area contributed by atoms with Gasteiger partial charge in [-0.3, -0.25) is 0 Å². The SMILES string of the molecule is Cc1[nH]c2ccccc2c1C1(C)CN1. The number of hydrogen-bond donors (Lipinski definition) is 2. The molecule has 0 saturated carbocycles. The van der Waals surface area contributed by atoms with E-state index in [-0.39, 0.29) is 5.54 Å². The summed E-state index contributed by atoms with van der Waals surface area (Å²) < 4.78 is 0. The van der Waals surface area contributed by atoms with Gasteiger partial charge in [-0.2, -0.15) is 0 Å². The van der Waals surface area contributed by atoms with Gasteiger partial charge in [-0.25, -0.2) is 0 Å². The van der Waals surface area contributed by atoms with Crippen LogP contribution in [0.1, 0.15) is 18.2 Å². The van der Waals surface area contributed by atoms with Crippen molar-refractivity contribution in [3.63, 3.8) is 0 Å². The lowest BCUT2D eigenvalue weighted by molar-refractivity contribution is 0.763. The molecular formula is C12H14N2. The van der Waals surface area contributed by atoms with Gasteiger partial charge >= 0.3 is 0 Å². The third-order valence-electron chi connectivity index (χ3n) is 3.15. The number of H-pyrrole nitrogens is 1. The molecule has 1 unspecified atom stereocenters. The molecule has 1 saturated heterocycles. The molecule has 2 N–H and O–H groups in total. The van der Waals surface area contributed by atoms with Crippen LogP contribution < -0.4 is 5.32 Å². The summed E-state index contributed by atoms with van der Waals surface area (Å²) in [4.78, 5) is 3.43. The minimum atomic E-state index is 0.212. The fourth-order valence-electron chi connectivity index (χ4n) is 2.30. The average molecular weight is 186 g/mol. The molecule has 2 aromatic rings. The Kier molecular flexibility index (Phi) is 1.38. The Labute approximate surface area is 83.3 Å². The zero-order valence-electron chi connectivity index (χ0n) is 8.52. The molecule has 2 heterocycles. The van der Waals surface area contributed by atoms with E-state index in [4.69, 9.17) is 0 Å². The minimum absolute atomic E-state index is 0.212. The predicted molar refractivity (Wildman–Crippen MR) is 58.4 cm³/mol. The Morgan fingerprint density at radius 1 is 1.29 bits per heavy atom. The number of nitrogens with one attached hydrogen (secondary N) is 2. The maximum Gasteiger partial charge on any atom is 0.0557 e. The summed E-state index contributed by atoms with van der Waals surface area (Å²) in [5.41, 5.74) is 4.19. The molecule has 2 heteroatoms. The Morgan fingerprint density at radius 2 is 2.00 bits per heavy atom. The summed E-state index contributed by atoms with van der Waals surface area (Å²) in [6.07, 6.45) is 0. The summed E-state index contributed by atoms with van der Waals surface area (Å²) >= 11 is 0. The fraction of sp³-hybridized carbons (Fsp3) is 0.333. The molecule has 14 heavy (non-hydrogen) atoms. The molecule has 1 fully saturated rings. The first kappa shape index (κ1) is 8.06. The zero-order valence-corrected chi connectivity index (χ0v) is 8.52. The lowest BCUT2D eigenvalue weighted by atomic mass is 9.98. The largest absolute Gasteiger partial charge is 0.358 e. The number of benzene rings is 1. The molecule has 0 amide bonds. The molecule has 0 aliphatic carbocycles. The van der Waals surface area contributed by atoms with E-state index in [9.17, 15) is 0 Å². The molecule has 2 nitrogen and oxygen atoms in total. The standard InChI is InChI=1S/C12H14N2/c1-8-11(12(2)7-13-12)9-5-3-4-6-10(9)14-8/h3-6,13-14H,7H2,1-2H3. The van der Waals surface area contributed by atoms with E-state index in [2.05, 4.69) is 48.4 Å². The van der Waals surface area contributed by atoms with Gasteiger partial charge in [0.15, 0.2) is 0 Å². The summed E-state index contributed by atoms with van der Waals surface area (Å²) in [5, 5.41) is 4.78. The predicted octanol–water partition coefficient (Wildman–Crippen LogP) is 2.29. The van der Waals surface area contributed by atoms with Gasteiger partial charge in [-0.1, -0.05) is 18.2 Å². The quantitative estimate of drug-likeness (QED) is 0.659. The lowest BCUT2D eigenvalue weighted by Gasteiger charge is -2.06. The third kappa shape index (κ3) is 0.946. The first-order valence-corrected chi connectivity index (χ1v) is 5.03.